The largest absolute Gasteiger partial charge is 0.488 e. The zero-order valence-corrected chi connectivity index (χ0v) is 19.4. The van der Waals surface area contributed by atoms with E-state index >= 15 is 0 Å². The first-order valence-corrected chi connectivity index (χ1v) is 12.1. The van der Waals surface area contributed by atoms with Crippen molar-refractivity contribution >= 4 is 22.8 Å². The molecule has 0 unspecified atom stereocenters. The molecule has 0 bridgehead atoms. The predicted octanol–water partition coefficient (Wildman–Crippen LogP) is 2.11. The molecule has 33 heavy (non-hydrogen) atoms. The summed E-state index contributed by atoms with van der Waals surface area (Å²) in [6, 6.07) is 4.48. The summed E-state index contributed by atoms with van der Waals surface area (Å²) in [7, 11) is 2.10. The lowest BCUT2D eigenvalue weighted by Gasteiger charge is -2.35. The number of carbonyl (C=O) groups excluding carboxylic acids is 1. The lowest BCUT2D eigenvalue weighted by atomic mass is 9.93. The monoisotopic (exact) mass is 454 g/mol. The normalized spacial score (nSPS) is 24.6. The van der Waals surface area contributed by atoms with E-state index < -0.39 is 0 Å². The number of urea groups is 1. The minimum absolute atomic E-state index is 0.0759. The number of carbonyl (C=O) groups is 1. The molecule has 9 nitrogen and oxygen atoms in total. The van der Waals surface area contributed by atoms with Gasteiger partial charge in [0, 0.05) is 69.5 Å². The third-order valence-electron chi connectivity index (χ3n) is 6.99. The van der Waals surface area contributed by atoms with E-state index in [-0.39, 0.29) is 18.2 Å². The van der Waals surface area contributed by atoms with Crippen LogP contribution in [0.3, 0.4) is 0 Å². The van der Waals surface area contributed by atoms with Crippen molar-refractivity contribution in [2.75, 3.05) is 64.4 Å². The zero-order valence-electron chi connectivity index (χ0n) is 19.4. The molecule has 1 aromatic carbocycles. The minimum atomic E-state index is 0.0759. The molecule has 0 radical (unpaired) electrons. The number of nitrogens with one attached hydrogen (secondary N) is 1. The molecule has 0 atom stereocenters. The van der Waals surface area contributed by atoms with Gasteiger partial charge in [-0.15, -0.1) is 0 Å². The van der Waals surface area contributed by atoms with E-state index in [1.54, 1.807) is 12.4 Å². The standard InChI is InChI=1S/C24H34N6O3/c1-28-8-10-30(11-9-28)24(31)27-18-2-4-20(5-3-18)33-22-17-19(29-12-14-32-15-13-29)16-21-23(22)26-7-6-25-21/h6-7,16-18,20H,2-5,8-15H2,1H3,(H,27,31). The Morgan fingerprint density at radius 2 is 1.73 bits per heavy atom. The lowest BCUT2D eigenvalue weighted by molar-refractivity contribution is 0.122. The molecule has 2 aliphatic heterocycles. The number of aromatic nitrogens is 2. The highest BCUT2D eigenvalue weighted by atomic mass is 16.5. The molecular formula is C24H34N6O3. The number of anilines is 1. The molecule has 2 amide bonds. The lowest BCUT2D eigenvalue weighted by Crippen LogP contribution is -2.53. The van der Waals surface area contributed by atoms with Crippen LogP contribution in [0.25, 0.3) is 11.0 Å². The number of amides is 2. The molecular weight excluding hydrogens is 420 g/mol. The molecule has 5 rings (SSSR count). The minimum Gasteiger partial charge on any atom is -0.488 e. The second-order valence-electron chi connectivity index (χ2n) is 9.30. The average Bonchev–Trinajstić information content (AvgIpc) is 2.86. The van der Waals surface area contributed by atoms with Crippen LogP contribution < -0.4 is 15.0 Å². The molecule has 3 heterocycles. The van der Waals surface area contributed by atoms with Crippen LogP contribution in [0.5, 0.6) is 5.75 Å². The number of nitrogens with zero attached hydrogens (tertiary/aromatic N) is 5. The maximum Gasteiger partial charge on any atom is 0.317 e. The molecule has 1 aromatic heterocycles. The van der Waals surface area contributed by atoms with Crippen LogP contribution in [0.1, 0.15) is 25.7 Å². The van der Waals surface area contributed by atoms with Gasteiger partial charge in [-0.05, 0) is 38.8 Å². The molecule has 0 spiro atoms. The van der Waals surface area contributed by atoms with Gasteiger partial charge in [0.05, 0.1) is 24.8 Å². The van der Waals surface area contributed by atoms with E-state index in [4.69, 9.17) is 9.47 Å². The summed E-state index contributed by atoms with van der Waals surface area (Å²) in [4.78, 5) is 28.2. The molecule has 1 saturated carbocycles. The summed E-state index contributed by atoms with van der Waals surface area (Å²) in [5, 5.41) is 3.24. The van der Waals surface area contributed by atoms with Crippen LogP contribution in [-0.2, 0) is 4.74 Å². The Morgan fingerprint density at radius 1 is 1.00 bits per heavy atom. The Labute approximate surface area is 195 Å². The van der Waals surface area contributed by atoms with Crippen molar-refractivity contribution in [3.63, 3.8) is 0 Å². The van der Waals surface area contributed by atoms with Crippen LogP contribution in [0.15, 0.2) is 24.5 Å². The van der Waals surface area contributed by atoms with Gasteiger partial charge in [0.2, 0.25) is 0 Å². The third kappa shape index (κ3) is 5.30. The van der Waals surface area contributed by atoms with Gasteiger partial charge in [0.1, 0.15) is 11.3 Å². The topological polar surface area (TPSA) is 83.1 Å². The highest BCUT2D eigenvalue weighted by Crippen LogP contribution is 2.33. The Hall–Kier alpha value is -2.65. The van der Waals surface area contributed by atoms with Gasteiger partial charge < -0.3 is 29.5 Å². The first kappa shape index (κ1) is 22.2. The number of ether oxygens (including phenoxy) is 2. The van der Waals surface area contributed by atoms with Gasteiger partial charge >= 0.3 is 6.03 Å². The summed E-state index contributed by atoms with van der Waals surface area (Å²) in [5.74, 6) is 0.798. The second kappa shape index (κ2) is 10.1. The van der Waals surface area contributed by atoms with E-state index in [2.05, 4.69) is 44.3 Å². The first-order chi connectivity index (χ1) is 16.2. The van der Waals surface area contributed by atoms with Crippen molar-refractivity contribution in [3.8, 4) is 5.75 Å². The fraction of sp³-hybridized carbons (Fsp3) is 0.625. The van der Waals surface area contributed by atoms with Gasteiger partial charge in [-0.25, -0.2) is 9.78 Å². The number of hydrogen-bond acceptors (Lipinski definition) is 7. The molecule has 178 valence electrons. The van der Waals surface area contributed by atoms with Gasteiger partial charge in [0.25, 0.3) is 0 Å². The van der Waals surface area contributed by atoms with Crippen LogP contribution >= 0.6 is 0 Å². The summed E-state index contributed by atoms with van der Waals surface area (Å²) in [5.41, 5.74) is 2.76. The van der Waals surface area contributed by atoms with Gasteiger partial charge in [0.15, 0.2) is 0 Å². The Bertz CT molecular complexity index is 950. The average molecular weight is 455 g/mol. The zero-order chi connectivity index (χ0) is 22.6. The van der Waals surface area contributed by atoms with E-state index in [1.165, 1.54) is 0 Å². The van der Waals surface area contributed by atoms with Crippen molar-refractivity contribution < 1.29 is 14.3 Å². The van der Waals surface area contributed by atoms with Crippen molar-refractivity contribution in [1.82, 2.24) is 25.1 Å². The van der Waals surface area contributed by atoms with Crippen LogP contribution in [-0.4, -0.2) is 97.5 Å². The predicted molar refractivity (Wildman–Crippen MR) is 127 cm³/mol. The number of hydrogen-bond donors (Lipinski definition) is 1. The van der Waals surface area contributed by atoms with E-state index in [0.717, 1.165) is 101 Å². The molecule has 1 N–H and O–H groups in total. The van der Waals surface area contributed by atoms with Crippen LogP contribution in [0, 0.1) is 0 Å². The number of fused-ring (bicyclic) bond motifs is 1. The first-order valence-electron chi connectivity index (χ1n) is 12.1. The van der Waals surface area contributed by atoms with Crippen molar-refractivity contribution in [2.24, 2.45) is 0 Å². The summed E-state index contributed by atoms with van der Waals surface area (Å²) < 4.78 is 12.0. The number of rotatable bonds is 4. The molecule has 2 saturated heterocycles. The SMILES string of the molecule is CN1CCN(C(=O)NC2CCC(Oc3cc(N4CCOCC4)cc4nccnc34)CC2)CC1. The van der Waals surface area contributed by atoms with Crippen molar-refractivity contribution in [2.45, 2.75) is 37.8 Å². The van der Waals surface area contributed by atoms with Crippen molar-refractivity contribution in [1.29, 1.82) is 0 Å². The Balaban J connectivity index is 1.20. The number of morpholine rings is 1. The Morgan fingerprint density at radius 3 is 2.48 bits per heavy atom. The van der Waals surface area contributed by atoms with Crippen LogP contribution in [0.4, 0.5) is 10.5 Å². The summed E-state index contributed by atoms with van der Waals surface area (Å²) in [6.07, 6.45) is 7.24. The van der Waals surface area contributed by atoms with Crippen LogP contribution in [0.2, 0.25) is 0 Å². The number of likely N-dealkylation sites (N-methyl/N-ethyl adjacent to an activating group) is 1. The molecule has 3 fully saturated rings. The van der Waals surface area contributed by atoms with Gasteiger partial charge in [-0.2, -0.15) is 0 Å². The number of benzene rings is 1. The Kier molecular flexibility index (Phi) is 6.78. The highest BCUT2D eigenvalue weighted by molar-refractivity contribution is 5.85. The molecule has 9 heteroatoms. The highest BCUT2D eigenvalue weighted by Gasteiger charge is 2.27. The second-order valence-corrected chi connectivity index (χ2v) is 9.30. The van der Waals surface area contributed by atoms with Crippen molar-refractivity contribution in [3.05, 3.63) is 24.5 Å². The summed E-state index contributed by atoms with van der Waals surface area (Å²) >= 11 is 0. The maximum absolute atomic E-state index is 12.6. The molecule has 2 aromatic rings. The quantitative estimate of drug-likeness (QED) is 0.758. The smallest absolute Gasteiger partial charge is 0.317 e. The van der Waals surface area contributed by atoms with E-state index in [0.29, 0.717) is 0 Å². The molecule has 1 aliphatic carbocycles. The third-order valence-corrected chi connectivity index (χ3v) is 6.99. The maximum atomic E-state index is 12.6. The van der Waals surface area contributed by atoms with Gasteiger partial charge in [-0.1, -0.05) is 0 Å². The van der Waals surface area contributed by atoms with E-state index in [1.807, 2.05) is 4.90 Å². The van der Waals surface area contributed by atoms with E-state index in [9.17, 15) is 4.79 Å². The fourth-order valence-corrected chi connectivity index (χ4v) is 4.90. The summed E-state index contributed by atoms with van der Waals surface area (Å²) in [6.45, 7) is 6.68. The fourth-order valence-electron chi connectivity index (χ4n) is 4.90. The molecule has 3 aliphatic rings. The number of piperazine rings is 1. The van der Waals surface area contributed by atoms with Gasteiger partial charge in [-0.3, -0.25) is 4.98 Å².